The van der Waals surface area contributed by atoms with Gasteiger partial charge in [0.15, 0.2) is 0 Å². The van der Waals surface area contributed by atoms with Gasteiger partial charge in [0.05, 0.1) is 30.1 Å². The number of likely N-dealkylation sites (N-methyl/N-ethyl adjacent to an activating group) is 1. The van der Waals surface area contributed by atoms with E-state index in [2.05, 4.69) is 0 Å². The van der Waals surface area contributed by atoms with Crippen LogP contribution in [-0.4, -0.2) is 61.4 Å². The van der Waals surface area contributed by atoms with Gasteiger partial charge in [-0.2, -0.15) is 3.71 Å². The first kappa shape index (κ1) is 22.2. The Bertz CT molecular complexity index is 1350. The summed E-state index contributed by atoms with van der Waals surface area (Å²) >= 11 is 0. The molecule has 3 rings (SSSR count). The smallest absolute Gasteiger partial charge is 0.245 e. The van der Waals surface area contributed by atoms with Crippen molar-refractivity contribution in [3.05, 3.63) is 60.0 Å². The molecule has 0 aliphatic rings. The van der Waals surface area contributed by atoms with Gasteiger partial charge in [0.1, 0.15) is 0 Å². The highest BCUT2D eigenvalue weighted by atomic mass is 32.3. The zero-order valence-corrected chi connectivity index (χ0v) is 19.0. The fraction of sp³-hybridized carbons (Fsp3) is 0.286. The molecule has 0 radical (unpaired) electrons. The van der Waals surface area contributed by atoms with Crippen LogP contribution in [0.4, 0.5) is 5.69 Å². The Morgan fingerprint density at radius 1 is 0.800 bits per heavy atom. The Hall–Kier alpha value is -2.49. The summed E-state index contributed by atoms with van der Waals surface area (Å²) in [6, 6.07) is 16.2. The Balaban J connectivity index is 2.56. The van der Waals surface area contributed by atoms with Gasteiger partial charge in [0.25, 0.3) is 0 Å². The number of fused-ring (bicyclic) bond motifs is 2. The number of anilines is 1. The summed E-state index contributed by atoms with van der Waals surface area (Å²) in [5, 5.41) is 3.40. The van der Waals surface area contributed by atoms with Crippen molar-refractivity contribution < 1.29 is 16.8 Å². The lowest BCUT2D eigenvalue weighted by Crippen LogP contribution is -2.35. The molecule has 3 aromatic carbocycles. The molecule has 30 heavy (non-hydrogen) atoms. The van der Waals surface area contributed by atoms with E-state index < -0.39 is 20.0 Å². The van der Waals surface area contributed by atoms with Gasteiger partial charge in [-0.15, -0.1) is 0 Å². The second-order valence-corrected chi connectivity index (χ2v) is 11.3. The first-order valence-electron chi connectivity index (χ1n) is 9.30. The van der Waals surface area contributed by atoms with E-state index in [1.165, 1.54) is 0 Å². The molecule has 0 N–H and O–H groups in total. The second kappa shape index (κ2) is 8.33. The van der Waals surface area contributed by atoms with Crippen LogP contribution >= 0.6 is 0 Å². The van der Waals surface area contributed by atoms with Crippen molar-refractivity contribution in [1.82, 2.24) is 4.90 Å². The van der Waals surface area contributed by atoms with E-state index in [9.17, 15) is 16.8 Å². The third-order valence-electron chi connectivity index (χ3n) is 4.58. The van der Waals surface area contributed by atoms with Crippen LogP contribution in [0.25, 0.3) is 21.5 Å². The van der Waals surface area contributed by atoms with Crippen LogP contribution in [0, 0.1) is 0 Å². The summed E-state index contributed by atoms with van der Waals surface area (Å²) in [5.74, 6) is 0. The van der Waals surface area contributed by atoms with Crippen molar-refractivity contribution in [1.29, 1.82) is 0 Å². The largest absolute Gasteiger partial charge is 0.308 e. The molecule has 3 aromatic rings. The van der Waals surface area contributed by atoms with E-state index in [0.29, 0.717) is 31.8 Å². The number of rotatable bonds is 6. The predicted molar refractivity (Wildman–Crippen MR) is 123 cm³/mol. The molecule has 7 nitrogen and oxygen atoms in total. The zero-order valence-electron chi connectivity index (χ0n) is 17.4. The van der Waals surface area contributed by atoms with Gasteiger partial charge in [-0.1, -0.05) is 48.5 Å². The van der Waals surface area contributed by atoms with Crippen LogP contribution in [0.2, 0.25) is 0 Å². The topological polar surface area (TPSA) is 87.1 Å². The van der Waals surface area contributed by atoms with Crippen molar-refractivity contribution in [2.75, 3.05) is 43.4 Å². The lowest BCUT2D eigenvalue weighted by Gasteiger charge is -2.20. The highest BCUT2D eigenvalue weighted by Crippen LogP contribution is 2.31. The van der Waals surface area contributed by atoms with E-state index in [4.69, 9.17) is 4.99 Å². The van der Waals surface area contributed by atoms with Gasteiger partial charge in [-0.25, -0.2) is 16.8 Å². The van der Waals surface area contributed by atoms with Crippen LogP contribution in [0.5, 0.6) is 0 Å². The van der Waals surface area contributed by atoms with Gasteiger partial charge in [0.2, 0.25) is 20.0 Å². The Kier molecular flexibility index (Phi) is 6.16. The number of hydrogen-bond acceptors (Lipinski definition) is 6. The third-order valence-corrected chi connectivity index (χ3v) is 7.81. The average Bonchev–Trinajstić information content (AvgIpc) is 2.75. The van der Waals surface area contributed by atoms with Gasteiger partial charge in [0, 0.05) is 22.7 Å². The lowest BCUT2D eigenvalue weighted by atomic mass is 10.1. The van der Waals surface area contributed by atoms with Crippen molar-refractivity contribution in [3.8, 4) is 0 Å². The minimum Gasteiger partial charge on any atom is -0.308 e. The SMILES string of the molecule is CN(C)CCN=c1c2ccccc2cc(N(S(C)(=O)=O)S(C)(=O)=O)c2ccccc12. The summed E-state index contributed by atoms with van der Waals surface area (Å²) in [4.78, 5) is 6.83. The minimum absolute atomic E-state index is 0.0841. The minimum atomic E-state index is -4.10. The first-order chi connectivity index (χ1) is 14.0. The standard InChI is InChI=1S/C21H25N3O4S2/c1-23(2)14-13-22-21-17-10-6-5-9-16(17)15-20(18-11-7-8-12-19(18)21)24(29(3,25)26)30(4,27)28/h5-12,15H,13-14H2,1-4H3. The molecule has 0 aromatic heterocycles. The highest BCUT2D eigenvalue weighted by molar-refractivity contribution is 8.09. The molecule has 0 atom stereocenters. The Morgan fingerprint density at radius 3 is 1.90 bits per heavy atom. The molecule has 0 fully saturated rings. The summed E-state index contributed by atoms with van der Waals surface area (Å²) in [6.07, 6.45) is 1.78. The second-order valence-electron chi connectivity index (χ2n) is 7.42. The number of benzene rings is 2. The van der Waals surface area contributed by atoms with Crippen LogP contribution in [0.1, 0.15) is 0 Å². The van der Waals surface area contributed by atoms with Gasteiger partial charge in [-0.05, 0) is 25.5 Å². The molecule has 0 aliphatic carbocycles. The highest BCUT2D eigenvalue weighted by Gasteiger charge is 2.29. The maximum Gasteiger partial charge on any atom is 0.245 e. The monoisotopic (exact) mass is 447 g/mol. The van der Waals surface area contributed by atoms with Crippen LogP contribution in [-0.2, 0) is 20.0 Å². The molecular formula is C21H25N3O4S2. The lowest BCUT2D eigenvalue weighted by molar-refractivity contribution is 0.419. The van der Waals surface area contributed by atoms with E-state index >= 15 is 0 Å². The summed E-state index contributed by atoms with van der Waals surface area (Å²) in [6.45, 7) is 1.29. The van der Waals surface area contributed by atoms with E-state index in [-0.39, 0.29) is 5.69 Å². The van der Waals surface area contributed by atoms with Crippen LogP contribution in [0.15, 0.2) is 59.6 Å². The van der Waals surface area contributed by atoms with Crippen molar-refractivity contribution in [3.63, 3.8) is 0 Å². The quantitative estimate of drug-likeness (QED) is 0.578. The Morgan fingerprint density at radius 2 is 1.33 bits per heavy atom. The average molecular weight is 448 g/mol. The molecule has 0 bridgehead atoms. The molecule has 160 valence electrons. The Labute approximate surface area is 177 Å². The summed E-state index contributed by atoms with van der Waals surface area (Å²) in [5.41, 5.74) is 0.0841. The van der Waals surface area contributed by atoms with Gasteiger partial charge >= 0.3 is 0 Å². The van der Waals surface area contributed by atoms with E-state index in [1.54, 1.807) is 18.2 Å². The molecule has 0 spiro atoms. The van der Waals surface area contributed by atoms with Crippen molar-refractivity contribution >= 4 is 47.3 Å². The molecule has 0 heterocycles. The molecule has 9 heteroatoms. The van der Waals surface area contributed by atoms with E-state index in [1.807, 2.05) is 55.4 Å². The molecule has 0 amide bonds. The fourth-order valence-electron chi connectivity index (χ4n) is 3.41. The molecule has 0 unspecified atom stereocenters. The van der Waals surface area contributed by atoms with Crippen LogP contribution in [0.3, 0.4) is 0 Å². The van der Waals surface area contributed by atoms with Gasteiger partial charge in [-0.3, -0.25) is 4.99 Å². The number of sulfonamides is 2. The first-order valence-corrected chi connectivity index (χ1v) is 13.0. The number of hydrogen-bond donors (Lipinski definition) is 0. The fourth-order valence-corrected chi connectivity index (χ4v) is 6.39. The molecule has 0 saturated heterocycles. The van der Waals surface area contributed by atoms with Crippen molar-refractivity contribution in [2.24, 2.45) is 4.99 Å². The molecule has 0 saturated carbocycles. The van der Waals surface area contributed by atoms with Crippen molar-refractivity contribution in [2.45, 2.75) is 0 Å². The molecular weight excluding hydrogens is 422 g/mol. The maximum absolute atomic E-state index is 12.5. The normalized spacial score (nSPS) is 13.3. The van der Waals surface area contributed by atoms with Crippen LogP contribution < -0.4 is 9.07 Å². The summed E-state index contributed by atoms with van der Waals surface area (Å²) < 4.78 is 50.5. The molecule has 0 aliphatic heterocycles. The zero-order chi connectivity index (χ0) is 22.1. The third kappa shape index (κ3) is 4.63. The predicted octanol–water partition coefficient (Wildman–Crippen LogP) is 2.18. The van der Waals surface area contributed by atoms with E-state index in [0.717, 1.165) is 24.4 Å². The van der Waals surface area contributed by atoms with Gasteiger partial charge < -0.3 is 4.90 Å². The summed E-state index contributed by atoms with van der Waals surface area (Å²) in [7, 11) is -4.27. The maximum atomic E-state index is 12.5. The number of nitrogens with zero attached hydrogens (tertiary/aromatic N) is 3.